The van der Waals surface area contributed by atoms with Crippen LogP contribution in [-0.2, 0) is 10.1 Å². The van der Waals surface area contributed by atoms with Crippen LogP contribution >= 0.6 is 0 Å². The van der Waals surface area contributed by atoms with Gasteiger partial charge in [0.2, 0.25) is 0 Å². The van der Waals surface area contributed by atoms with Gasteiger partial charge in [0.05, 0.1) is 12.7 Å². The van der Waals surface area contributed by atoms with E-state index in [1.165, 1.54) is 37.4 Å². The number of carbonyl (C=O) groups excluding carboxylic acids is 1. The average molecular weight is 349 g/mol. The van der Waals surface area contributed by atoms with Gasteiger partial charge in [-0.05, 0) is 35.7 Å². The van der Waals surface area contributed by atoms with Crippen molar-refractivity contribution in [1.29, 1.82) is 0 Å². The summed E-state index contributed by atoms with van der Waals surface area (Å²) in [6, 6.07) is 10.5. The summed E-state index contributed by atoms with van der Waals surface area (Å²) in [5.74, 6) is -0.337. The zero-order valence-electron chi connectivity index (χ0n) is 13.6. The van der Waals surface area contributed by atoms with E-state index in [2.05, 4.69) is 0 Å². The van der Waals surface area contributed by atoms with Crippen LogP contribution in [0.1, 0.15) is 35.7 Å². The molecule has 2 N–H and O–H groups in total. The molecule has 1 amide bonds. The molecule has 0 spiro atoms. The molecule has 7 heteroatoms. The quantitative estimate of drug-likeness (QED) is 0.809. The Labute approximate surface area is 141 Å². The predicted molar refractivity (Wildman–Crippen MR) is 89.9 cm³/mol. The number of nitrogens with two attached hydrogens (primary N) is 1. The first-order valence-electron chi connectivity index (χ1n) is 7.27. The topological polar surface area (TPSA) is 95.7 Å². The van der Waals surface area contributed by atoms with Crippen LogP contribution in [0.5, 0.6) is 11.5 Å². The van der Waals surface area contributed by atoms with Gasteiger partial charge in [-0.25, -0.2) is 0 Å². The van der Waals surface area contributed by atoms with Crippen LogP contribution in [0.4, 0.5) is 0 Å². The monoisotopic (exact) mass is 349 g/mol. The van der Waals surface area contributed by atoms with E-state index in [-0.39, 0.29) is 22.1 Å². The second-order valence-corrected chi connectivity index (χ2v) is 7.03. The molecule has 0 saturated carbocycles. The number of amides is 1. The van der Waals surface area contributed by atoms with Crippen molar-refractivity contribution in [2.75, 3.05) is 7.11 Å². The van der Waals surface area contributed by atoms with Gasteiger partial charge in [-0.2, -0.15) is 8.42 Å². The number of primary amides is 1. The lowest BCUT2D eigenvalue weighted by Gasteiger charge is -2.12. The molecule has 0 unspecified atom stereocenters. The number of carbonyl (C=O) groups is 1. The Bertz CT molecular complexity index is 842. The van der Waals surface area contributed by atoms with Gasteiger partial charge >= 0.3 is 10.1 Å². The minimum atomic E-state index is -4.10. The molecule has 0 bridgehead atoms. The molecule has 0 aromatic heterocycles. The van der Waals surface area contributed by atoms with Gasteiger partial charge in [-0.15, -0.1) is 0 Å². The molecule has 0 aliphatic heterocycles. The van der Waals surface area contributed by atoms with E-state index in [1.807, 2.05) is 13.8 Å². The molecule has 6 nitrogen and oxygen atoms in total. The number of benzene rings is 2. The Morgan fingerprint density at radius 3 is 2.21 bits per heavy atom. The lowest BCUT2D eigenvalue weighted by atomic mass is 10.0. The van der Waals surface area contributed by atoms with Crippen LogP contribution in [0, 0.1) is 0 Å². The first-order chi connectivity index (χ1) is 11.2. The Morgan fingerprint density at radius 2 is 1.71 bits per heavy atom. The van der Waals surface area contributed by atoms with E-state index >= 15 is 0 Å². The summed E-state index contributed by atoms with van der Waals surface area (Å²) in [4.78, 5) is 11.5. The molecule has 2 aromatic carbocycles. The lowest BCUT2D eigenvalue weighted by Crippen LogP contribution is -2.16. The number of ether oxygens (including phenoxy) is 1. The third kappa shape index (κ3) is 3.86. The maximum atomic E-state index is 12.4. The van der Waals surface area contributed by atoms with Crippen molar-refractivity contribution in [2.45, 2.75) is 24.7 Å². The highest BCUT2D eigenvalue weighted by Gasteiger charge is 2.21. The number of methoxy groups -OCH3 is 1. The minimum Gasteiger partial charge on any atom is -0.497 e. The molecule has 0 atom stereocenters. The van der Waals surface area contributed by atoms with Crippen LogP contribution in [0.15, 0.2) is 47.4 Å². The molecule has 0 saturated heterocycles. The average Bonchev–Trinajstić information content (AvgIpc) is 2.54. The largest absolute Gasteiger partial charge is 0.497 e. The Morgan fingerprint density at radius 1 is 1.08 bits per heavy atom. The van der Waals surface area contributed by atoms with E-state index in [1.54, 1.807) is 12.1 Å². The highest BCUT2D eigenvalue weighted by atomic mass is 32.2. The molecular weight excluding hydrogens is 330 g/mol. The van der Waals surface area contributed by atoms with Crippen molar-refractivity contribution in [3.8, 4) is 11.5 Å². The van der Waals surface area contributed by atoms with Gasteiger partial charge in [0, 0.05) is 6.07 Å². The standard InChI is InChI=1S/C17H19NO5S/c1-11(2)12-4-7-14(8-5-12)24(20,21)23-16-10-13(22-3)6-9-15(16)17(18)19/h4-11H,1-3H3,(H2,18,19). The molecule has 0 aliphatic carbocycles. The Balaban J connectivity index is 2.40. The van der Waals surface area contributed by atoms with Crippen molar-refractivity contribution in [3.63, 3.8) is 0 Å². The molecule has 0 radical (unpaired) electrons. The van der Waals surface area contributed by atoms with Gasteiger partial charge in [-0.3, -0.25) is 4.79 Å². The summed E-state index contributed by atoms with van der Waals surface area (Å²) >= 11 is 0. The van der Waals surface area contributed by atoms with E-state index in [0.29, 0.717) is 5.75 Å². The summed E-state index contributed by atoms with van der Waals surface area (Å²) < 4.78 is 35.0. The van der Waals surface area contributed by atoms with Crippen LogP contribution in [0.25, 0.3) is 0 Å². The molecular formula is C17H19NO5S. The maximum absolute atomic E-state index is 12.4. The zero-order valence-corrected chi connectivity index (χ0v) is 14.5. The van der Waals surface area contributed by atoms with Gasteiger partial charge in [-0.1, -0.05) is 26.0 Å². The van der Waals surface area contributed by atoms with Crippen LogP contribution in [0.3, 0.4) is 0 Å². The fraction of sp³-hybridized carbons (Fsp3) is 0.235. The molecule has 0 aliphatic rings. The zero-order chi connectivity index (χ0) is 17.9. The minimum absolute atomic E-state index is 0.00913. The van der Waals surface area contributed by atoms with Crippen molar-refractivity contribution in [1.82, 2.24) is 0 Å². The van der Waals surface area contributed by atoms with Crippen LogP contribution in [0.2, 0.25) is 0 Å². The van der Waals surface area contributed by atoms with Gasteiger partial charge < -0.3 is 14.7 Å². The fourth-order valence-electron chi connectivity index (χ4n) is 2.09. The number of rotatable bonds is 6. The maximum Gasteiger partial charge on any atom is 0.339 e. The van der Waals surface area contributed by atoms with Crippen molar-refractivity contribution in [3.05, 3.63) is 53.6 Å². The van der Waals surface area contributed by atoms with Gasteiger partial charge in [0.15, 0.2) is 5.75 Å². The smallest absolute Gasteiger partial charge is 0.339 e. The predicted octanol–water partition coefficient (Wildman–Crippen LogP) is 2.69. The molecule has 128 valence electrons. The first kappa shape index (κ1) is 17.8. The van der Waals surface area contributed by atoms with Gasteiger partial charge in [0.25, 0.3) is 5.91 Å². The summed E-state index contributed by atoms with van der Waals surface area (Å²) in [5.41, 5.74) is 6.23. The van der Waals surface area contributed by atoms with Gasteiger partial charge in [0.1, 0.15) is 10.6 Å². The SMILES string of the molecule is COc1ccc(C(N)=O)c(OS(=O)(=O)c2ccc(C(C)C)cc2)c1. The second kappa shape index (κ2) is 6.92. The molecule has 0 heterocycles. The van der Waals surface area contributed by atoms with E-state index < -0.39 is 16.0 Å². The van der Waals surface area contributed by atoms with Crippen molar-refractivity contribution in [2.24, 2.45) is 5.73 Å². The number of hydrogen-bond donors (Lipinski definition) is 1. The van der Waals surface area contributed by atoms with Crippen molar-refractivity contribution >= 4 is 16.0 Å². The summed E-state index contributed by atoms with van der Waals surface area (Å²) in [5, 5.41) is 0. The summed E-state index contributed by atoms with van der Waals surface area (Å²) in [6.07, 6.45) is 0. The normalized spacial score (nSPS) is 11.3. The Hall–Kier alpha value is -2.54. The van der Waals surface area contributed by atoms with Crippen LogP contribution < -0.4 is 14.7 Å². The van der Waals surface area contributed by atoms with Crippen LogP contribution in [-0.4, -0.2) is 21.4 Å². The molecule has 2 aromatic rings. The highest BCUT2D eigenvalue weighted by Crippen LogP contribution is 2.28. The summed E-state index contributed by atoms with van der Waals surface area (Å²) in [7, 11) is -2.68. The first-order valence-corrected chi connectivity index (χ1v) is 8.67. The molecule has 2 rings (SSSR count). The molecule has 0 fully saturated rings. The fourth-order valence-corrected chi connectivity index (χ4v) is 3.03. The van der Waals surface area contributed by atoms with E-state index in [4.69, 9.17) is 14.7 Å². The van der Waals surface area contributed by atoms with Crippen molar-refractivity contribution < 1.29 is 22.1 Å². The lowest BCUT2D eigenvalue weighted by molar-refractivity contribution is 0.0999. The highest BCUT2D eigenvalue weighted by molar-refractivity contribution is 7.87. The second-order valence-electron chi connectivity index (χ2n) is 5.49. The Kier molecular flexibility index (Phi) is 5.14. The van der Waals surface area contributed by atoms with E-state index in [9.17, 15) is 13.2 Å². The third-order valence-corrected chi connectivity index (χ3v) is 4.74. The third-order valence-electron chi connectivity index (χ3n) is 3.49. The molecule has 24 heavy (non-hydrogen) atoms. The van der Waals surface area contributed by atoms with E-state index in [0.717, 1.165) is 5.56 Å². The number of hydrogen-bond acceptors (Lipinski definition) is 5. The summed E-state index contributed by atoms with van der Waals surface area (Å²) in [6.45, 7) is 4.02.